The zero-order valence-corrected chi connectivity index (χ0v) is 12.7. The highest BCUT2D eigenvalue weighted by Gasteiger charge is 2.08. The molecule has 0 saturated heterocycles. The van der Waals surface area contributed by atoms with Crippen molar-refractivity contribution >= 4 is 11.8 Å². The van der Waals surface area contributed by atoms with Crippen molar-refractivity contribution < 1.29 is 9.59 Å². The molecule has 0 fully saturated rings. The maximum absolute atomic E-state index is 11.7. The molecular formula is C16H24N2O2. The van der Waals surface area contributed by atoms with Gasteiger partial charge in [-0.1, -0.05) is 36.5 Å². The lowest BCUT2D eigenvalue weighted by Crippen LogP contribution is -2.36. The number of carbonyl (C=O) groups excluding carboxylic acids is 2. The Balaban J connectivity index is 4.19. The van der Waals surface area contributed by atoms with Crippen LogP contribution in [0.3, 0.4) is 0 Å². The molecule has 110 valence electrons. The molecule has 0 aromatic carbocycles. The first-order chi connectivity index (χ1) is 9.52. The normalized spacial score (nSPS) is 12.0. The molecular weight excluding hydrogens is 252 g/mol. The van der Waals surface area contributed by atoms with Crippen molar-refractivity contribution in [1.29, 1.82) is 0 Å². The summed E-state index contributed by atoms with van der Waals surface area (Å²) in [5.41, 5.74) is 0. The number of nitrogens with zero attached hydrogens (tertiary/aromatic N) is 2. The number of likely N-dealkylation sites (N-methyl/N-ethyl adjacent to an activating group) is 2. The minimum absolute atomic E-state index is 0.0755. The maximum atomic E-state index is 11.7. The van der Waals surface area contributed by atoms with Crippen molar-refractivity contribution in [2.45, 2.75) is 13.8 Å². The predicted molar refractivity (Wildman–Crippen MR) is 83.2 cm³/mol. The van der Waals surface area contributed by atoms with Gasteiger partial charge in [-0.15, -0.1) is 0 Å². The van der Waals surface area contributed by atoms with E-state index in [4.69, 9.17) is 0 Å². The zero-order valence-electron chi connectivity index (χ0n) is 12.7. The second kappa shape index (κ2) is 10.8. The van der Waals surface area contributed by atoms with E-state index >= 15 is 0 Å². The number of hydrogen-bond acceptors (Lipinski definition) is 2. The molecule has 0 spiro atoms. The molecule has 0 unspecified atom stereocenters. The Morgan fingerprint density at radius 1 is 0.750 bits per heavy atom. The Kier molecular flexibility index (Phi) is 9.66. The number of rotatable bonds is 7. The molecule has 0 radical (unpaired) electrons. The van der Waals surface area contributed by atoms with E-state index in [-0.39, 0.29) is 11.8 Å². The maximum Gasteiger partial charge on any atom is 0.246 e. The first-order valence-corrected chi connectivity index (χ1v) is 6.61. The van der Waals surface area contributed by atoms with Gasteiger partial charge in [0.25, 0.3) is 0 Å². The van der Waals surface area contributed by atoms with Gasteiger partial charge in [-0.3, -0.25) is 9.59 Å². The van der Waals surface area contributed by atoms with E-state index in [9.17, 15) is 9.59 Å². The summed E-state index contributed by atoms with van der Waals surface area (Å²) in [5, 5.41) is 0. The van der Waals surface area contributed by atoms with Gasteiger partial charge in [-0.05, 0) is 13.8 Å². The molecule has 0 atom stereocenters. The number of hydrogen-bond donors (Lipinski definition) is 0. The van der Waals surface area contributed by atoms with E-state index < -0.39 is 0 Å². The van der Waals surface area contributed by atoms with Gasteiger partial charge < -0.3 is 9.80 Å². The molecule has 0 aromatic heterocycles. The fourth-order valence-electron chi connectivity index (χ4n) is 1.27. The lowest BCUT2D eigenvalue weighted by molar-refractivity contribution is -0.128. The lowest BCUT2D eigenvalue weighted by atomic mass is 10.3. The van der Waals surface area contributed by atoms with Gasteiger partial charge >= 0.3 is 0 Å². The third-order valence-electron chi connectivity index (χ3n) is 2.61. The summed E-state index contributed by atoms with van der Waals surface area (Å²) in [6, 6.07) is 0. The smallest absolute Gasteiger partial charge is 0.246 e. The van der Waals surface area contributed by atoms with Crippen molar-refractivity contribution in [3.8, 4) is 0 Å². The van der Waals surface area contributed by atoms with Crippen LogP contribution in [0.25, 0.3) is 0 Å². The summed E-state index contributed by atoms with van der Waals surface area (Å²) in [6.07, 6.45) is 13.7. The van der Waals surface area contributed by atoms with Crippen LogP contribution in [0.4, 0.5) is 0 Å². The molecule has 0 aliphatic carbocycles. The van der Waals surface area contributed by atoms with Crippen molar-refractivity contribution in [3.63, 3.8) is 0 Å². The summed E-state index contributed by atoms with van der Waals surface area (Å²) in [7, 11) is 3.44. The van der Waals surface area contributed by atoms with Crippen LogP contribution >= 0.6 is 0 Å². The van der Waals surface area contributed by atoms with E-state index in [1.165, 1.54) is 12.2 Å². The van der Waals surface area contributed by atoms with Crippen molar-refractivity contribution in [2.24, 2.45) is 0 Å². The van der Waals surface area contributed by atoms with Gasteiger partial charge in [0.15, 0.2) is 0 Å². The highest BCUT2D eigenvalue weighted by Crippen LogP contribution is 1.93. The molecule has 4 nitrogen and oxygen atoms in total. The highest BCUT2D eigenvalue weighted by atomic mass is 16.2. The number of carbonyl (C=O) groups is 2. The van der Waals surface area contributed by atoms with Gasteiger partial charge in [0.1, 0.15) is 0 Å². The molecule has 4 heteroatoms. The topological polar surface area (TPSA) is 40.6 Å². The van der Waals surface area contributed by atoms with Crippen LogP contribution in [-0.2, 0) is 9.59 Å². The van der Waals surface area contributed by atoms with E-state index in [1.54, 1.807) is 48.2 Å². The quantitative estimate of drug-likeness (QED) is 0.528. The second-order valence-corrected chi connectivity index (χ2v) is 4.29. The summed E-state index contributed by atoms with van der Waals surface area (Å²) < 4.78 is 0. The molecule has 0 N–H and O–H groups in total. The molecule has 0 aliphatic heterocycles. The van der Waals surface area contributed by atoms with Crippen LogP contribution in [0.2, 0.25) is 0 Å². The van der Waals surface area contributed by atoms with E-state index in [0.717, 1.165) is 0 Å². The van der Waals surface area contributed by atoms with Crippen molar-refractivity contribution in [3.05, 3.63) is 48.6 Å². The first-order valence-electron chi connectivity index (χ1n) is 6.61. The fraction of sp³-hybridized carbons (Fsp3) is 0.375. The SMILES string of the molecule is CC=CC=CC(=O)N(C)CCN(C)C(=O)C=CC=CC. The van der Waals surface area contributed by atoms with Gasteiger partial charge in [-0.2, -0.15) is 0 Å². The largest absolute Gasteiger partial charge is 0.340 e. The molecule has 0 aliphatic rings. The lowest BCUT2D eigenvalue weighted by Gasteiger charge is -2.20. The first kappa shape index (κ1) is 17.9. The summed E-state index contributed by atoms with van der Waals surface area (Å²) in [6.45, 7) is 4.78. The minimum atomic E-state index is -0.0755. The van der Waals surface area contributed by atoms with Crippen LogP contribution in [0.1, 0.15) is 13.8 Å². The van der Waals surface area contributed by atoms with Crippen LogP contribution in [0, 0.1) is 0 Å². The molecule has 0 saturated carbocycles. The molecule has 0 bridgehead atoms. The molecule has 0 heterocycles. The van der Waals surface area contributed by atoms with Gasteiger partial charge in [-0.25, -0.2) is 0 Å². The number of amides is 2. The standard InChI is InChI=1S/C16H24N2O2/c1-5-7-9-11-15(19)17(3)13-14-18(4)16(20)12-10-8-6-2/h5-12H,13-14H2,1-4H3. The average Bonchev–Trinajstić information content (AvgIpc) is 2.44. The van der Waals surface area contributed by atoms with Crippen LogP contribution in [0.5, 0.6) is 0 Å². The second-order valence-electron chi connectivity index (χ2n) is 4.29. The highest BCUT2D eigenvalue weighted by molar-refractivity contribution is 5.88. The third kappa shape index (κ3) is 8.08. The van der Waals surface area contributed by atoms with Crippen LogP contribution in [-0.4, -0.2) is 48.8 Å². The molecule has 2 amide bonds. The number of allylic oxidation sites excluding steroid dienone is 6. The van der Waals surface area contributed by atoms with Gasteiger partial charge in [0.2, 0.25) is 11.8 Å². The van der Waals surface area contributed by atoms with E-state index in [2.05, 4.69) is 0 Å². The van der Waals surface area contributed by atoms with Crippen molar-refractivity contribution in [2.75, 3.05) is 27.2 Å². The Bertz CT molecular complexity index is 380. The summed E-state index contributed by atoms with van der Waals surface area (Å²) in [4.78, 5) is 26.5. The van der Waals surface area contributed by atoms with Crippen LogP contribution < -0.4 is 0 Å². The van der Waals surface area contributed by atoms with Crippen LogP contribution in [0.15, 0.2) is 48.6 Å². The monoisotopic (exact) mass is 276 g/mol. The van der Waals surface area contributed by atoms with Gasteiger partial charge in [0.05, 0.1) is 0 Å². The molecule has 20 heavy (non-hydrogen) atoms. The Labute approximate surface area is 121 Å². The summed E-state index contributed by atoms with van der Waals surface area (Å²) in [5.74, 6) is -0.151. The zero-order chi connectivity index (χ0) is 15.4. The Morgan fingerprint density at radius 2 is 1.10 bits per heavy atom. The van der Waals surface area contributed by atoms with Gasteiger partial charge in [0, 0.05) is 39.3 Å². The van der Waals surface area contributed by atoms with Crippen molar-refractivity contribution in [1.82, 2.24) is 9.80 Å². The Morgan fingerprint density at radius 3 is 1.40 bits per heavy atom. The van der Waals surface area contributed by atoms with E-state index in [0.29, 0.717) is 13.1 Å². The molecule has 0 aromatic rings. The average molecular weight is 276 g/mol. The summed E-state index contributed by atoms with van der Waals surface area (Å²) >= 11 is 0. The third-order valence-corrected chi connectivity index (χ3v) is 2.61. The fourth-order valence-corrected chi connectivity index (χ4v) is 1.27. The Hall–Kier alpha value is -2.10. The minimum Gasteiger partial charge on any atom is -0.340 e. The predicted octanol–water partition coefficient (Wildman–Crippen LogP) is 2.17. The molecule has 0 rings (SSSR count). The van der Waals surface area contributed by atoms with E-state index in [1.807, 2.05) is 26.0 Å².